The summed E-state index contributed by atoms with van der Waals surface area (Å²) < 4.78 is 19.5. The summed E-state index contributed by atoms with van der Waals surface area (Å²) in [5.41, 5.74) is -0.646. The number of carbonyl (C=O) groups excluding carboxylic acids is 1. The van der Waals surface area contributed by atoms with Gasteiger partial charge in [0.2, 0.25) is 11.7 Å². The number of nitrogens with zero attached hydrogens (tertiary/aromatic N) is 2. The number of halogens is 2. The van der Waals surface area contributed by atoms with Crippen LogP contribution in [0.15, 0.2) is 53.3 Å². The van der Waals surface area contributed by atoms with E-state index in [2.05, 4.69) is 0 Å². The van der Waals surface area contributed by atoms with Gasteiger partial charge in [0.05, 0.1) is 17.1 Å². The molecule has 3 aromatic rings. The number of ketones is 1. The van der Waals surface area contributed by atoms with Crippen LogP contribution in [0.3, 0.4) is 0 Å². The van der Waals surface area contributed by atoms with Gasteiger partial charge < -0.3 is 9.84 Å². The predicted molar refractivity (Wildman–Crippen MR) is 109 cm³/mol. The molecule has 0 aliphatic carbocycles. The van der Waals surface area contributed by atoms with Gasteiger partial charge >= 0.3 is 0 Å². The molecule has 0 bridgehead atoms. The van der Waals surface area contributed by atoms with Gasteiger partial charge in [-0.3, -0.25) is 14.2 Å². The third-order valence-electron chi connectivity index (χ3n) is 4.53. The molecule has 0 radical (unpaired) electrons. The van der Waals surface area contributed by atoms with Gasteiger partial charge in [-0.1, -0.05) is 35.9 Å². The second-order valence-corrected chi connectivity index (χ2v) is 6.88. The van der Waals surface area contributed by atoms with Crippen LogP contribution < -0.4 is 10.3 Å². The number of benzene rings is 2. The average Bonchev–Trinajstić information content (AvgIpc) is 2.72. The van der Waals surface area contributed by atoms with Gasteiger partial charge in [0.15, 0.2) is 6.61 Å². The predicted octanol–water partition coefficient (Wildman–Crippen LogP) is 3.84. The SMILES string of the molecule is Cc1c(C(=O)COc2ccccc2Cl)c(O)n(Cc2ccc(F)cc2)c(=O)c1C#N. The lowest BCUT2D eigenvalue weighted by molar-refractivity contribution is 0.0916. The summed E-state index contributed by atoms with van der Waals surface area (Å²) in [5.74, 6) is -1.39. The van der Waals surface area contributed by atoms with Crippen molar-refractivity contribution in [2.24, 2.45) is 0 Å². The molecule has 0 aliphatic heterocycles. The van der Waals surface area contributed by atoms with Crippen molar-refractivity contribution in [1.82, 2.24) is 4.57 Å². The van der Waals surface area contributed by atoms with Gasteiger partial charge in [0, 0.05) is 0 Å². The van der Waals surface area contributed by atoms with Crippen LogP contribution in [0.25, 0.3) is 0 Å². The second-order valence-electron chi connectivity index (χ2n) is 6.47. The van der Waals surface area contributed by atoms with Gasteiger partial charge in [-0.05, 0) is 42.3 Å². The van der Waals surface area contributed by atoms with Crippen molar-refractivity contribution in [3.8, 4) is 17.7 Å². The highest BCUT2D eigenvalue weighted by atomic mass is 35.5. The van der Waals surface area contributed by atoms with Crippen LogP contribution in [0.4, 0.5) is 4.39 Å². The fourth-order valence-electron chi connectivity index (χ4n) is 2.98. The highest BCUT2D eigenvalue weighted by molar-refractivity contribution is 6.32. The van der Waals surface area contributed by atoms with Crippen molar-refractivity contribution in [1.29, 1.82) is 5.26 Å². The van der Waals surface area contributed by atoms with Crippen molar-refractivity contribution in [2.75, 3.05) is 6.61 Å². The lowest BCUT2D eigenvalue weighted by Crippen LogP contribution is -2.28. The number of para-hydroxylation sites is 1. The number of hydrogen-bond acceptors (Lipinski definition) is 5. The maximum absolute atomic E-state index is 13.1. The Bertz CT molecular complexity index is 1210. The van der Waals surface area contributed by atoms with E-state index in [1.807, 2.05) is 0 Å². The van der Waals surface area contributed by atoms with Crippen molar-refractivity contribution in [3.05, 3.63) is 92.0 Å². The molecule has 1 aromatic heterocycles. The van der Waals surface area contributed by atoms with Gasteiger partial charge in [-0.2, -0.15) is 5.26 Å². The number of nitriles is 1. The van der Waals surface area contributed by atoms with Crippen LogP contribution in [-0.4, -0.2) is 22.1 Å². The first-order valence-electron chi connectivity index (χ1n) is 8.85. The highest BCUT2D eigenvalue weighted by Gasteiger charge is 2.24. The smallest absolute Gasteiger partial charge is 0.271 e. The number of aromatic nitrogens is 1. The number of carbonyl (C=O) groups is 1. The molecule has 0 unspecified atom stereocenters. The molecule has 0 atom stereocenters. The normalized spacial score (nSPS) is 10.5. The van der Waals surface area contributed by atoms with E-state index < -0.39 is 29.6 Å². The summed E-state index contributed by atoms with van der Waals surface area (Å²) in [5, 5.41) is 20.4. The number of Topliss-reactive ketones (excluding diaryl/α,β-unsaturated/α-hetero) is 1. The number of aromatic hydroxyl groups is 1. The summed E-state index contributed by atoms with van der Waals surface area (Å²) in [7, 11) is 0. The summed E-state index contributed by atoms with van der Waals surface area (Å²) in [4.78, 5) is 25.5. The number of rotatable bonds is 6. The van der Waals surface area contributed by atoms with Crippen LogP contribution in [-0.2, 0) is 6.54 Å². The minimum absolute atomic E-state index is 0.0584. The van der Waals surface area contributed by atoms with Crippen LogP contribution in [0, 0.1) is 24.1 Å². The first kappa shape index (κ1) is 21.1. The van der Waals surface area contributed by atoms with Crippen LogP contribution in [0.2, 0.25) is 5.02 Å². The van der Waals surface area contributed by atoms with Crippen molar-refractivity contribution in [2.45, 2.75) is 13.5 Å². The molecule has 0 spiro atoms. The van der Waals surface area contributed by atoms with Crippen molar-refractivity contribution >= 4 is 17.4 Å². The van der Waals surface area contributed by atoms with E-state index in [1.165, 1.54) is 31.2 Å². The monoisotopic (exact) mass is 426 g/mol. The molecule has 0 amide bonds. The molecular weight excluding hydrogens is 411 g/mol. The van der Waals surface area contributed by atoms with Crippen LogP contribution >= 0.6 is 11.6 Å². The largest absolute Gasteiger partial charge is 0.494 e. The van der Waals surface area contributed by atoms with Crippen LogP contribution in [0.1, 0.15) is 27.0 Å². The van der Waals surface area contributed by atoms with Crippen molar-refractivity contribution < 1.29 is 19.0 Å². The first-order valence-corrected chi connectivity index (χ1v) is 9.22. The van der Waals surface area contributed by atoms with E-state index in [0.717, 1.165) is 4.57 Å². The molecule has 1 N–H and O–H groups in total. The molecule has 6 nitrogen and oxygen atoms in total. The van der Waals surface area contributed by atoms with E-state index >= 15 is 0 Å². The Kier molecular flexibility index (Phi) is 6.19. The molecule has 0 aliphatic rings. The molecular formula is C22H16ClFN2O4. The molecule has 3 rings (SSSR count). The summed E-state index contributed by atoms with van der Waals surface area (Å²) in [6.07, 6.45) is 0. The van der Waals surface area contributed by atoms with Crippen molar-refractivity contribution in [3.63, 3.8) is 0 Å². The number of ether oxygens (including phenoxy) is 1. The zero-order valence-corrected chi connectivity index (χ0v) is 16.6. The number of pyridine rings is 1. The minimum atomic E-state index is -0.750. The van der Waals surface area contributed by atoms with E-state index in [9.17, 15) is 24.3 Å². The highest BCUT2D eigenvalue weighted by Crippen LogP contribution is 2.26. The Balaban J connectivity index is 2.00. The summed E-state index contributed by atoms with van der Waals surface area (Å²) in [6.45, 7) is 0.800. The van der Waals surface area contributed by atoms with E-state index in [-0.39, 0.29) is 29.0 Å². The minimum Gasteiger partial charge on any atom is -0.494 e. The number of hydrogen-bond donors (Lipinski definition) is 1. The Labute approximate surface area is 176 Å². The van der Waals surface area contributed by atoms with E-state index in [1.54, 1.807) is 30.3 Å². The zero-order chi connectivity index (χ0) is 21.8. The average molecular weight is 427 g/mol. The first-order chi connectivity index (χ1) is 14.3. The van der Waals surface area contributed by atoms with Gasteiger partial charge in [0.1, 0.15) is 23.2 Å². The molecule has 2 aromatic carbocycles. The quantitative estimate of drug-likeness (QED) is 0.604. The third-order valence-corrected chi connectivity index (χ3v) is 4.84. The third kappa shape index (κ3) is 4.19. The fraction of sp³-hybridized carbons (Fsp3) is 0.136. The molecule has 8 heteroatoms. The van der Waals surface area contributed by atoms with E-state index in [0.29, 0.717) is 10.6 Å². The van der Waals surface area contributed by atoms with E-state index in [4.69, 9.17) is 16.3 Å². The Morgan fingerprint density at radius 1 is 1.23 bits per heavy atom. The zero-order valence-electron chi connectivity index (χ0n) is 15.9. The second kappa shape index (κ2) is 8.80. The molecule has 0 fully saturated rings. The molecule has 152 valence electrons. The Hall–Kier alpha value is -3.63. The molecule has 0 saturated carbocycles. The summed E-state index contributed by atoms with van der Waals surface area (Å²) >= 11 is 6.01. The Morgan fingerprint density at radius 3 is 2.53 bits per heavy atom. The maximum Gasteiger partial charge on any atom is 0.271 e. The van der Waals surface area contributed by atoms with Gasteiger partial charge in [-0.25, -0.2) is 4.39 Å². The maximum atomic E-state index is 13.1. The molecule has 30 heavy (non-hydrogen) atoms. The fourth-order valence-corrected chi connectivity index (χ4v) is 3.17. The lowest BCUT2D eigenvalue weighted by atomic mass is 10.0. The standard InChI is InChI=1S/C22H16ClFN2O4/c1-13-16(10-25)21(28)26(11-14-6-8-15(24)9-7-14)22(29)20(13)18(27)12-30-19-5-3-2-4-17(19)23/h2-9,29H,11-12H2,1H3. The van der Waals surface area contributed by atoms with Crippen LogP contribution in [0.5, 0.6) is 11.6 Å². The van der Waals surface area contributed by atoms with Gasteiger partial charge in [-0.15, -0.1) is 0 Å². The topological polar surface area (TPSA) is 92.3 Å². The lowest BCUT2D eigenvalue weighted by Gasteiger charge is -2.16. The molecule has 0 saturated heterocycles. The van der Waals surface area contributed by atoms with Gasteiger partial charge in [0.25, 0.3) is 5.56 Å². The Morgan fingerprint density at radius 2 is 1.90 bits per heavy atom. The summed E-state index contributed by atoms with van der Waals surface area (Å²) in [6, 6.07) is 13.7. The molecule has 1 heterocycles.